The summed E-state index contributed by atoms with van der Waals surface area (Å²) in [4.78, 5) is 0. The van der Waals surface area contributed by atoms with Crippen LogP contribution in [0, 0.1) is 0 Å². The summed E-state index contributed by atoms with van der Waals surface area (Å²) >= 11 is 0. The molecule has 0 amide bonds. The van der Waals surface area contributed by atoms with Gasteiger partial charge in [0.2, 0.25) is 0 Å². The lowest BCUT2D eigenvalue weighted by molar-refractivity contribution is 0.432. The third kappa shape index (κ3) is 7.36. The number of aromatic nitrogens is 2. The molecule has 0 radical (unpaired) electrons. The van der Waals surface area contributed by atoms with Crippen molar-refractivity contribution in [2.75, 3.05) is 6.54 Å². The van der Waals surface area contributed by atoms with Crippen LogP contribution in [-0.2, 0) is 13.5 Å². The van der Waals surface area contributed by atoms with Crippen LogP contribution in [0.1, 0.15) is 64.4 Å². The molecular weight excluding hydrogens is 234 g/mol. The molecule has 3 heteroatoms. The minimum atomic E-state index is 0.678. The first-order valence-corrected chi connectivity index (χ1v) is 7.97. The summed E-state index contributed by atoms with van der Waals surface area (Å²) in [6.45, 7) is 5.66. The molecule has 110 valence electrons. The van der Waals surface area contributed by atoms with Crippen LogP contribution in [0.2, 0.25) is 0 Å². The largest absolute Gasteiger partial charge is 0.314 e. The smallest absolute Gasteiger partial charge is 0.0521 e. The fourth-order valence-electron chi connectivity index (χ4n) is 2.46. The maximum Gasteiger partial charge on any atom is 0.0521 e. The number of rotatable bonds is 11. The van der Waals surface area contributed by atoms with Crippen LogP contribution < -0.4 is 5.32 Å². The number of nitrogens with zero attached hydrogens (tertiary/aromatic N) is 2. The Labute approximate surface area is 118 Å². The quantitative estimate of drug-likeness (QED) is 0.618. The van der Waals surface area contributed by atoms with Crippen molar-refractivity contribution in [3.8, 4) is 0 Å². The second-order valence-electron chi connectivity index (χ2n) is 5.56. The van der Waals surface area contributed by atoms with Crippen LogP contribution in [0.15, 0.2) is 12.4 Å². The Hall–Kier alpha value is -0.830. The van der Waals surface area contributed by atoms with Crippen LogP contribution in [-0.4, -0.2) is 22.4 Å². The Morgan fingerprint density at radius 3 is 2.63 bits per heavy atom. The van der Waals surface area contributed by atoms with Gasteiger partial charge in [-0.1, -0.05) is 39.5 Å². The topological polar surface area (TPSA) is 29.9 Å². The van der Waals surface area contributed by atoms with Gasteiger partial charge in [0.15, 0.2) is 0 Å². The third-order valence-corrected chi connectivity index (χ3v) is 3.63. The zero-order valence-corrected chi connectivity index (χ0v) is 13.0. The molecule has 0 aliphatic heterocycles. The van der Waals surface area contributed by atoms with Gasteiger partial charge in [-0.3, -0.25) is 4.68 Å². The van der Waals surface area contributed by atoms with Crippen molar-refractivity contribution in [3.63, 3.8) is 0 Å². The monoisotopic (exact) mass is 265 g/mol. The van der Waals surface area contributed by atoms with E-state index in [1.54, 1.807) is 0 Å². The van der Waals surface area contributed by atoms with E-state index in [1.165, 1.54) is 50.5 Å². The van der Waals surface area contributed by atoms with Crippen molar-refractivity contribution in [1.29, 1.82) is 0 Å². The van der Waals surface area contributed by atoms with Gasteiger partial charge in [0.25, 0.3) is 0 Å². The normalized spacial score (nSPS) is 12.8. The van der Waals surface area contributed by atoms with Crippen molar-refractivity contribution < 1.29 is 0 Å². The van der Waals surface area contributed by atoms with Gasteiger partial charge in [-0.15, -0.1) is 0 Å². The predicted molar refractivity (Wildman–Crippen MR) is 82.4 cm³/mol. The molecule has 0 aromatic carbocycles. The molecule has 0 bridgehead atoms. The summed E-state index contributed by atoms with van der Waals surface area (Å²) < 4.78 is 1.89. The van der Waals surface area contributed by atoms with Gasteiger partial charge in [0.1, 0.15) is 0 Å². The summed E-state index contributed by atoms with van der Waals surface area (Å²) in [7, 11) is 1.99. The molecule has 1 N–H and O–H groups in total. The van der Waals surface area contributed by atoms with Crippen LogP contribution in [0.4, 0.5) is 0 Å². The van der Waals surface area contributed by atoms with Crippen molar-refractivity contribution in [2.24, 2.45) is 7.05 Å². The molecule has 1 atom stereocenters. The minimum Gasteiger partial charge on any atom is -0.314 e. The fraction of sp³-hybridized carbons (Fsp3) is 0.812. The first-order valence-electron chi connectivity index (χ1n) is 7.97. The molecule has 1 aromatic heterocycles. The van der Waals surface area contributed by atoms with Crippen molar-refractivity contribution in [3.05, 3.63) is 18.0 Å². The maximum absolute atomic E-state index is 4.24. The predicted octanol–water partition coefficient (Wildman–Crippen LogP) is 3.69. The first kappa shape index (κ1) is 16.2. The van der Waals surface area contributed by atoms with Crippen LogP contribution in [0.3, 0.4) is 0 Å². The lowest BCUT2D eigenvalue weighted by Crippen LogP contribution is -2.30. The van der Waals surface area contributed by atoms with Crippen molar-refractivity contribution >= 4 is 0 Å². The summed E-state index contributed by atoms with van der Waals surface area (Å²) in [6.07, 6.45) is 14.5. The van der Waals surface area contributed by atoms with Crippen molar-refractivity contribution in [2.45, 2.75) is 71.3 Å². The molecular formula is C16H31N3. The van der Waals surface area contributed by atoms with Gasteiger partial charge < -0.3 is 5.32 Å². The van der Waals surface area contributed by atoms with Gasteiger partial charge in [0.05, 0.1) is 6.20 Å². The van der Waals surface area contributed by atoms with Crippen LogP contribution in [0.5, 0.6) is 0 Å². The first-order chi connectivity index (χ1) is 9.26. The Morgan fingerprint density at radius 1 is 1.16 bits per heavy atom. The molecule has 1 aromatic rings. The van der Waals surface area contributed by atoms with E-state index < -0.39 is 0 Å². The van der Waals surface area contributed by atoms with E-state index in [0.717, 1.165) is 13.0 Å². The lowest BCUT2D eigenvalue weighted by Gasteiger charge is -2.18. The number of hydrogen-bond acceptors (Lipinski definition) is 2. The molecule has 1 rings (SSSR count). The third-order valence-electron chi connectivity index (χ3n) is 3.63. The van der Waals surface area contributed by atoms with Gasteiger partial charge in [-0.05, 0) is 37.8 Å². The van der Waals surface area contributed by atoms with E-state index in [1.807, 2.05) is 17.9 Å². The molecule has 19 heavy (non-hydrogen) atoms. The summed E-state index contributed by atoms with van der Waals surface area (Å²) in [5.41, 5.74) is 1.36. The van der Waals surface area contributed by atoms with E-state index in [9.17, 15) is 0 Å². The summed E-state index contributed by atoms with van der Waals surface area (Å²) in [5, 5.41) is 7.94. The number of aryl methyl sites for hydroxylation is 2. The highest BCUT2D eigenvalue weighted by Gasteiger charge is 2.08. The van der Waals surface area contributed by atoms with Gasteiger partial charge in [0, 0.05) is 19.3 Å². The van der Waals surface area contributed by atoms with Crippen molar-refractivity contribution in [1.82, 2.24) is 15.1 Å². The molecule has 0 aliphatic rings. The summed E-state index contributed by atoms with van der Waals surface area (Å²) in [5.74, 6) is 0. The SMILES string of the molecule is CCCCCCC(CCc1cnn(C)c1)NCCC. The highest BCUT2D eigenvalue weighted by atomic mass is 15.2. The number of hydrogen-bond donors (Lipinski definition) is 1. The molecule has 0 saturated carbocycles. The van der Waals surface area contributed by atoms with Crippen LogP contribution in [0.25, 0.3) is 0 Å². The van der Waals surface area contributed by atoms with E-state index in [-0.39, 0.29) is 0 Å². The highest BCUT2D eigenvalue weighted by molar-refractivity contribution is 5.03. The molecule has 1 unspecified atom stereocenters. The number of unbranched alkanes of at least 4 members (excludes halogenated alkanes) is 3. The standard InChI is InChI=1S/C16H31N3/c1-4-6-7-8-9-16(17-12-5-2)11-10-15-13-18-19(3)14-15/h13-14,16-17H,4-12H2,1-3H3. The minimum absolute atomic E-state index is 0.678. The summed E-state index contributed by atoms with van der Waals surface area (Å²) in [6, 6.07) is 0.678. The van der Waals surface area contributed by atoms with Gasteiger partial charge in [-0.2, -0.15) is 5.10 Å². The van der Waals surface area contributed by atoms with E-state index in [0.29, 0.717) is 6.04 Å². The lowest BCUT2D eigenvalue weighted by atomic mass is 10.0. The molecule has 0 saturated heterocycles. The molecule has 1 heterocycles. The average molecular weight is 265 g/mol. The molecule has 3 nitrogen and oxygen atoms in total. The maximum atomic E-state index is 4.24. The molecule has 0 spiro atoms. The van der Waals surface area contributed by atoms with Gasteiger partial charge >= 0.3 is 0 Å². The molecule has 0 aliphatic carbocycles. The molecule has 0 fully saturated rings. The van der Waals surface area contributed by atoms with Gasteiger partial charge in [-0.25, -0.2) is 0 Å². The fourth-order valence-corrected chi connectivity index (χ4v) is 2.46. The van der Waals surface area contributed by atoms with E-state index in [4.69, 9.17) is 0 Å². The Bertz CT molecular complexity index is 320. The Kier molecular flexibility index (Phi) is 8.55. The zero-order chi connectivity index (χ0) is 13.9. The van der Waals surface area contributed by atoms with E-state index in [2.05, 4.69) is 30.5 Å². The number of nitrogens with one attached hydrogen (secondary N) is 1. The highest BCUT2D eigenvalue weighted by Crippen LogP contribution is 2.11. The van der Waals surface area contributed by atoms with Crippen LogP contribution >= 0.6 is 0 Å². The average Bonchev–Trinajstić information content (AvgIpc) is 2.82. The Morgan fingerprint density at radius 2 is 2.00 bits per heavy atom. The Balaban J connectivity index is 2.27. The zero-order valence-electron chi connectivity index (χ0n) is 13.0. The second-order valence-corrected chi connectivity index (χ2v) is 5.56. The van der Waals surface area contributed by atoms with E-state index >= 15 is 0 Å². The second kappa shape index (κ2) is 10.0.